The summed E-state index contributed by atoms with van der Waals surface area (Å²) in [6, 6.07) is 3.89. The first-order valence-corrected chi connectivity index (χ1v) is 9.38. The largest absolute Gasteiger partial charge is 0.480 e. The fourth-order valence-electron chi connectivity index (χ4n) is 3.49. The Kier molecular flexibility index (Phi) is 5.28. The van der Waals surface area contributed by atoms with Gasteiger partial charge in [-0.1, -0.05) is 0 Å². The standard InChI is InChI=1S/C20H18F3N7O2/c1-20(9-30-14(16(22)23)7-27-18(30)17(24)29-20)11-5-10(3-4-12(11)21)28-19(31)13-6-26-15(32-2)8-25-13/h3-8,16H,9H2,1-2H3,(H2,24,29)(H,28,31)/t20-/m0/s1. The van der Waals surface area contributed by atoms with E-state index in [1.807, 2.05) is 0 Å². The molecule has 4 rings (SSSR count). The number of methoxy groups -OCH3 is 1. The van der Waals surface area contributed by atoms with E-state index < -0.39 is 23.7 Å². The Hall–Kier alpha value is -3.96. The molecule has 0 saturated heterocycles. The van der Waals surface area contributed by atoms with E-state index >= 15 is 0 Å². The van der Waals surface area contributed by atoms with Gasteiger partial charge < -0.3 is 20.4 Å². The quantitative estimate of drug-likeness (QED) is 0.623. The smallest absolute Gasteiger partial charge is 0.280 e. The minimum Gasteiger partial charge on any atom is -0.480 e. The number of nitrogens with zero attached hydrogens (tertiary/aromatic N) is 5. The molecule has 1 aromatic carbocycles. The number of aliphatic imine (C=N–C) groups is 1. The molecule has 1 aliphatic rings. The van der Waals surface area contributed by atoms with Crippen molar-refractivity contribution in [1.29, 1.82) is 0 Å². The summed E-state index contributed by atoms with van der Waals surface area (Å²) in [7, 11) is 1.42. The monoisotopic (exact) mass is 445 g/mol. The third-order valence-electron chi connectivity index (χ3n) is 5.05. The number of amides is 1. The molecule has 3 heterocycles. The molecule has 0 fully saturated rings. The number of nitrogens with two attached hydrogens (primary N) is 1. The van der Waals surface area contributed by atoms with Gasteiger partial charge in [0.1, 0.15) is 22.7 Å². The van der Waals surface area contributed by atoms with Crippen LogP contribution in [0, 0.1) is 5.82 Å². The number of anilines is 1. The first-order chi connectivity index (χ1) is 15.2. The Bertz CT molecular complexity index is 1210. The summed E-state index contributed by atoms with van der Waals surface area (Å²) in [6.45, 7) is 1.46. The third-order valence-corrected chi connectivity index (χ3v) is 5.05. The maximum absolute atomic E-state index is 14.8. The van der Waals surface area contributed by atoms with Crippen molar-refractivity contribution >= 4 is 17.4 Å². The molecule has 1 amide bonds. The van der Waals surface area contributed by atoms with Gasteiger partial charge >= 0.3 is 0 Å². The second-order valence-electron chi connectivity index (χ2n) is 7.26. The summed E-state index contributed by atoms with van der Waals surface area (Å²) in [6.07, 6.45) is 0.761. The van der Waals surface area contributed by atoms with Gasteiger partial charge in [0.15, 0.2) is 11.7 Å². The molecule has 2 aromatic heterocycles. The van der Waals surface area contributed by atoms with Crippen LogP contribution in [-0.2, 0) is 12.1 Å². The molecular weight excluding hydrogens is 427 g/mol. The van der Waals surface area contributed by atoms with Gasteiger partial charge in [0.2, 0.25) is 5.88 Å². The van der Waals surface area contributed by atoms with Gasteiger partial charge in [0.25, 0.3) is 12.3 Å². The number of ether oxygens (including phenoxy) is 1. The lowest BCUT2D eigenvalue weighted by Crippen LogP contribution is -2.38. The highest BCUT2D eigenvalue weighted by Gasteiger charge is 2.37. The molecule has 0 saturated carbocycles. The topological polar surface area (TPSA) is 120 Å². The number of carbonyl (C=O) groups is 1. The maximum atomic E-state index is 14.8. The number of hydrogen-bond acceptors (Lipinski definition) is 7. The van der Waals surface area contributed by atoms with Crippen molar-refractivity contribution in [3.8, 4) is 5.88 Å². The number of nitrogens with one attached hydrogen (secondary N) is 1. The molecular formula is C20H18F3N7O2. The van der Waals surface area contributed by atoms with Crippen LogP contribution in [0.15, 0.2) is 41.8 Å². The van der Waals surface area contributed by atoms with Crippen molar-refractivity contribution in [2.75, 3.05) is 12.4 Å². The average Bonchev–Trinajstić information content (AvgIpc) is 3.19. The summed E-state index contributed by atoms with van der Waals surface area (Å²) in [5, 5.41) is 2.61. The SMILES string of the molecule is COc1cnc(C(=O)Nc2ccc(F)c([C@]3(C)Cn4c(C(F)F)cnc4C(N)=N3)c2)cn1. The molecule has 1 atom stereocenters. The number of rotatable bonds is 5. The van der Waals surface area contributed by atoms with Crippen molar-refractivity contribution in [1.82, 2.24) is 19.5 Å². The van der Waals surface area contributed by atoms with Crippen LogP contribution in [0.1, 0.15) is 40.9 Å². The lowest BCUT2D eigenvalue weighted by Gasteiger charge is -2.32. The molecule has 0 spiro atoms. The second-order valence-corrected chi connectivity index (χ2v) is 7.26. The zero-order valence-electron chi connectivity index (χ0n) is 17.0. The lowest BCUT2D eigenvalue weighted by atomic mass is 9.90. The van der Waals surface area contributed by atoms with E-state index in [2.05, 4.69) is 25.3 Å². The molecule has 12 heteroatoms. The molecule has 0 aliphatic carbocycles. The molecule has 0 radical (unpaired) electrons. The predicted molar refractivity (Wildman–Crippen MR) is 108 cm³/mol. The maximum Gasteiger partial charge on any atom is 0.280 e. The Labute approximate surface area is 180 Å². The number of benzene rings is 1. The highest BCUT2D eigenvalue weighted by molar-refractivity contribution is 6.02. The molecule has 166 valence electrons. The first kappa shape index (κ1) is 21.3. The summed E-state index contributed by atoms with van der Waals surface area (Å²) in [5.41, 5.74) is 4.63. The van der Waals surface area contributed by atoms with Crippen LogP contribution in [0.3, 0.4) is 0 Å². The van der Waals surface area contributed by atoms with Crippen molar-refractivity contribution in [3.05, 3.63) is 65.4 Å². The first-order valence-electron chi connectivity index (χ1n) is 9.38. The number of imidazole rings is 1. The molecule has 32 heavy (non-hydrogen) atoms. The highest BCUT2D eigenvalue weighted by Crippen LogP contribution is 2.36. The minimum atomic E-state index is -2.78. The van der Waals surface area contributed by atoms with Crippen molar-refractivity contribution in [2.24, 2.45) is 10.7 Å². The fourth-order valence-corrected chi connectivity index (χ4v) is 3.49. The van der Waals surface area contributed by atoms with E-state index in [4.69, 9.17) is 10.5 Å². The number of hydrogen-bond donors (Lipinski definition) is 2. The third kappa shape index (κ3) is 3.74. The number of alkyl halides is 2. The van der Waals surface area contributed by atoms with Crippen LogP contribution in [0.4, 0.5) is 18.9 Å². The molecule has 0 unspecified atom stereocenters. The second kappa shape index (κ2) is 7.94. The van der Waals surface area contributed by atoms with E-state index in [1.54, 1.807) is 6.92 Å². The number of aromatic nitrogens is 4. The zero-order valence-corrected chi connectivity index (χ0v) is 17.0. The molecule has 3 N–H and O–H groups in total. The van der Waals surface area contributed by atoms with Crippen LogP contribution in [-0.4, -0.2) is 38.4 Å². The highest BCUT2D eigenvalue weighted by atomic mass is 19.3. The van der Waals surface area contributed by atoms with Crippen LogP contribution < -0.4 is 15.8 Å². The van der Waals surface area contributed by atoms with Crippen molar-refractivity contribution in [3.63, 3.8) is 0 Å². The molecule has 9 nitrogen and oxygen atoms in total. The predicted octanol–water partition coefficient (Wildman–Crippen LogP) is 2.65. The normalized spacial score (nSPS) is 17.6. The molecule has 0 bridgehead atoms. The van der Waals surface area contributed by atoms with E-state index in [9.17, 15) is 18.0 Å². The Morgan fingerprint density at radius 3 is 2.69 bits per heavy atom. The van der Waals surface area contributed by atoms with E-state index in [0.717, 1.165) is 12.3 Å². The Morgan fingerprint density at radius 2 is 2.03 bits per heavy atom. The summed E-state index contributed by atoms with van der Waals surface area (Å²) >= 11 is 0. The minimum absolute atomic E-state index is 0.0208. The van der Waals surface area contributed by atoms with E-state index in [-0.39, 0.29) is 46.7 Å². The van der Waals surface area contributed by atoms with E-state index in [0.29, 0.717) is 0 Å². The fraction of sp³-hybridized carbons (Fsp3) is 0.250. The summed E-state index contributed by atoms with van der Waals surface area (Å²) in [5.74, 6) is -0.957. The van der Waals surface area contributed by atoms with Gasteiger partial charge in [-0.2, -0.15) is 0 Å². The zero-order chi connectivity index (χ0) is 23.0. The number of amidine groups is 1. The molecule has 3 aromatic rings. The number of fused-ring (bicyclic) bond motifs is 1. The van der Waals surface area contributed by atoms with Crippen LogP contribution >= 0.6 is 0 Å². The van der Waals surface area contributed by atoms with Gasteiger partial charge in [-0.05, 0) is 25.1 Å². The van der Waals surface area contributed by atoms with Gasteiger partial charge in [0.05, 0.1) is 32.2 Å². The summed E-state index contributed by atoms with van der Waals surface area (Å²) < 4.78 is 47.7. The average molecular weight is 445 g/mol. The number of halogens is 3. The van der Waals surface area contributed by atoms with Gasteiger partial charge in [0, 0.05) is 11.3 Å². The van der Waals surface area contributed by atoms with Crippen molar-refractivity contribution in [2.45, 2.75) is 25.4 Å². The summed E-state index contributed by atoms with van der Waals surface area (Å²) in [4.78, 5) is 28.6. The van der Waals surface area contributed by atoms with Gasteiger partial charge in [-0.15, -0.1) is 0 Å². The van der Waals surface area contributed by atoms with E-state index in [1.165, 1.54) is 36.2 Å². The van der Waals surface area contributed by atoms with Crippen LogP contribution in [0.5, 0.6) is 5.88 Å². The Balaban J connectivity index is 1.65. The molecule has 1 aliphatic heterocycles. The number of carbonyl (C=O) groups excluding carboxylic acids is 1. The van der Waals surface area contributed by atoms with Crippen molar-refractivity contribution < 1.29 is 22.7 Å². The van der Waals surface area contributed by atoms with Gasteiger partial charge in [-0.25, -0.2) is 28.1 Å². The van der Waals surface area contributed by atoms with Gasteiger partial charge in [-0.3, -0.25) is 9.79 Å². The van der Waals surface area contributed by atoms with Crippen LogP contribution in [0.25, 0.3) is 0 Å². The lowest BCUT2D eigenvalue weighted by molar-refractivity contribution is 0.102. The Morgan fingerprint density at radius 1 is 1.25 bits per heavy atom. The van der Waals surface area contributed by atoms with Crippen LogP contribution in [0.2, 0.25) is 0 Å².